The molecule has 6 nitrogen and oxygen atoms in total. The van der Waals surface area contributed by atoms with Gasteiger partial charge in [-0.2, -0.15) is 0 Å². The molecule has 0 saturated heterocycles. The van der Waals surface area contributed by atoms with Crippen molar-refractivity contribution in [3.05, 3.63) is 42.7 Å². The fourth-order valence-electron chi connectivity index (χ4n) is 0.852. The Kier molecular flexibility index (Phi) is 3.17. The Balaban J connectivity index is 3.64. The molecule has 0 aliphatic heterocycles. The minimum absolute atomic E-state index is 0.413. The Bertz CT molecular complexity index is 487. The van der Waals surface area contributed by atoms with Gasteiger partial charge in [-0.15, -0.1) is 0 Å². The summed E-state index contributed by atoms with van der Waals surface area (Å²) in [6.07, 6.45) is 0. The molecule has 0 spiro atoms. The maximum atomic E-state index is 13.1. The van der Waals surface area contributed by atoms with Crippen LogP contribution in [-0.2, 0) is 0 Å². The van der Waals surface area contributed by atoms with E-state index in [4.69, 9.17) is 5.53 Å². The number of nitro benzene ring substituents is 1. The Morgan fingerprint density at radius 2 is 2.13 bits per heavy atom. The van der Waals surface area contributed by atoms with E-state index in [2.05, 4.69) is 26.0 Å². The van der Waals surface area contributed by atoms with Crippen LogP contribution in [0.2, 0.25) is 0 Å². The summed E-state index contributed by atoms with van der Waals surface area (Å²) in [5.41, 5.74) is 6.27. The summed E-state index contributed by atoms with van der Waals surface area (Å²) in [5, 5.41) is 13.2. The fourth-order valence-corrected chi connectivity index (χ4v) is 1.24. The van der Waals surface area contributed by atoms with Gasteiger partial charge in [0.05, 0.1) is 9.40 Å². The molecule has 0 heterocycles. The van der Waals surface area contributed by atoms with E-state index in [0.717, 1.165) is 6.07 Å². The number of hydrogen-bond acceptors (Lipinski definition) is 3. The van der Waals surface area contributed by atoms with Crippen LogP contribution in [0.15, 0.2) is 15.7 Å². The molecular weight excluding hydrogens is 278 g/mol. The minimum Gasteiger partial charge on any atom is -0.258 e. The van der Waals surface area contributed by atoms with Crippen LogP contribution in [0.1, 0.15) is 0 Å². The van der Waals surface area contributed by atoms with E-state index < -0.39 is 32.4 Å². The molecule has 0 unspecified atom stereocenters. The van der Waals surface area contributed by atoms with Gasteiger partial charge in [-0.3, -0.25) is 10.1 Å². The molecule has 1 aromatic carbocycles. The molecule has 0 amide bonds. The number of nitro groups is 1. The Morgan fingerprint density at radius 3 is 2.60 bits per heavy atom. The first-order chi connectivity index (χ1) is 6.99. The van der Waals surface area contributed by atoms with Crippen molar-refractivity contribution in [2.75, 3.05) is 0 Å². The van der Waals surface area contributed by atoms with Gasteiger partial charge in [0.1, 0.15) is 0 Å². The van der Waals surface area contributed by atoms with Gasteiger partial charge in [0.25, 0.3) is 5.69 Å². The molecule has 1 rings (SSSR count). The highest BCUT2D eigenvalue weighted by molar-refractivity contribution is 9.10. The molecule has 15 heavy (non-hydrogen) atoms. The first kappa shape index (κ1) is 11.3. The van der Waals surface area contributed by atoms with Crippen molar-refractivity contribution in [3.63, 3.8) is 0 Å². The highest BCUT2D eigenvalue weighted by Gasteiger charge is 2.23. The van der Waals surface area contributed by atoms with Crippen LogP contribution in [0.3, 0.4) is 0 Å². The summed E-state index contributed by atoms with van der Waals surface area (Å²) in [6.45, 7) is 0. The molecule has 0 bridgehead atoms. The number of benzene rings is 1. The lowest BCUT2D eigenvalue weighted by molar-refractivity contribution is -0.384. The second-order valence-electron chi connectivity index (χ2n) is 2.30. The van der Waals surface area contributed by atoms with E-state index in [1.54, 1.807) is 0 Å². The highest BCUT2D eigenvalue weighted by atomic mass is 79.9. The SMILES string of the molecule is [N-]=[N+]=Nc1c([N+](=O)[O-])cc(Br)c(F)c1F. The van der Waals surface area contributed by atoms with Crippen molar-refractivity contribution in [2.45, 2.75) is 0 Å². The number of azide groups is 1. The predicted octanol–water partition coefficient (Wildman–Crippen LogP) is 3.58. The summed E-state index contributed by atoms with van der Waals surface area (Å²) in [5.74, 6) is -2.91. The lowest BCUT2D eigenvalue weighted by Gasteiger charge is -2.01. The summed E-state index contributed by atoms with van der Waals surface area (Å²) < 4.78 is 25.6. The summed E-state index contributed by atoms with van der Waals surface area (Å²) in [6, 6.07) is 0.725. The largest absolute Gasteiger partial charge is 0.283 e. The Hall–Kier alpha value is -1.73. The fraction of sp³-hybridized carbons (Fsp3) is 0. The second-order valence-corrected chi connectivity index (χ2v) is 3.15. The number of nitrogens with zero attached hydrogens (tertiary/aromatic N) is 4. The summed E-state index contributed by atoms with van der Waals surface area (Å²) >= 11 is 2.60. The summed E-state index contributed by atoms with van der Waals surface area (Å²) in [4.78, 5) is 11.6. The van der Waals surface area contributed by atoms with Gasteiger partial charge in [-0.05, 0) is 21.5 Å². The van der Waals surface area contributed by atoms with Crippen LogP contribution in [0.25, 0.3) is 10.4 Å². The second kappa shape index (κ2) is 4.20. The van der Waals surface area contributed by atoms with Crippen molar-refractivity contribution in [1.29, 1.82) is 0 Å². The molecule has 78 valence electrons. The van der Waals surface area contributed by atoms with Crippen molar-refractivity contribution < 1.29 is 13.7 Å². The molecule has 0 N–H and O–H groups in total. The van der Waals surface area contributed by atoms with Crippen molar-refractivity contribution >= 4 is 27.3 Å². The molecule has 0 aliphatic carbocycles. The van der Waals surface area contributed by atoms with Crippen LogP contribution in [0.5, 0.6) is 0 Å². The van der Waals surface area contributed by atoms with Crippen LogP contribution in [0.4, 0.5) is 20.2 Å². The standard InChI is InChI=1S/C6HBrF2N4O2/c7-2-1-3(13(14)15)6(11-12-10)5(9)4(2)8/h1H. The van der Waals surface area contributed by atoms with E-state index >= 15 is 0 Å². The zero-order chi connectivity index (χ0) is 11.6. The first-order valence-electron chi connectivity index (χ1n) is 3.36. The highest BCUT2D eigenvalue weighted by Crippen LogP contribution is 2.36. The zero-order valence-electron chi connectivity index (χ0n) is 6.82. The first-order valence-corrected chi connectivity index (χ1v) is 4.15. The van der Waals surface area contributed by atoms with Crippen molar-refractivity contribution in [3.8, 4) is 0 Å². The maximum Gasteiger partial charge on any atom is 0.283 e. The monoisotopic (exact) mass is 278 g/mol. The Morgan fingerprint density at radius 1 is 1.53 bits per heavy atom. The van der Waals surface area contributed by atoms with E-state index in [0.29, 0.717) is 0 Å². The van der Waals surface area contributed by atoms with Crippen LogP contribution < -0.4 is 0 Å². The van der Waals surface area contributed by atoms with Gasteiger partial charge in [-0.25, -0.2) is 8.78 Å². The third-order valence-corrected chi connectivity index (χ3v) is 2.03. The van der Waals surface area contributed by atoms with E-state index in [1.807, 2.05) is 0 Å². The number of rotatable bonds is 2. The molecule has 0 aromatic heterocycles. The Labute approximate surface area is 89.4 Å². The molecule has 9 heteroatoms. The molecule has 0 aliphatic rings. The topological polar surface area (TPSA) is 91.9 Å². The van der Waals surface area contributed by atoms with Crippen LogP contribution in [0, 0.1) is 21.7 Å². The number of halogens is 3. The number of hydrogen-bond donors (Lipinski definition) is 0. The van der Waals surface area contributed by atoms with E-state index in [1.165, 1.54) is 0 Å². The predicted molar refractivity (Wildman–Crippen MR) is 49.5 cm³/mol. The van der Waals surface area contributed by atoms with Crippen molar-refractivity contribution in [1.82, 2.24) is 0 Å². The molecule has 0 atom stereocenters. The maximum absolute atomic E-state index is 13.1. The van der Waals surface area contributed by atoms with Gasteiger partial charge < -0.3 is 0 Å². The third kappa shape index (κ3) is 2.03. The molecule has 0 radical (unpaired) electrons. The van der Waals surface area contributed by atoms with E-state index in [9.17, 15) is 18.9 Å². The average Bonchev–Trinajstić information content (AvgIpc) is 2.18. The van der Waals surface area contributed by atoms with E-state index in [-0.39, 0.29) is 0 Å². The van der Waals surface area contributed by atoms with Gasteiger partial charge in [0, 0.05) is 11.0 Å². The van der Waals surface area contributed by atoms with Crippen molar-refractivity contribution in [2.24, 2.45) is 5.11 Å². The average molecular weight is 279 g/mol. The van der Waals surface area contributed by atoms with Gasteiger partial charge >= 0.3 is 0 Å². The normalized spacial score (nSPS) is 9.53. The molecular formula is C6HBrF2N4O2. The van der Waals surface area contributed by atoms with Crippen LogP contribution in [-0.4, -0.2) is 4.92 Å². The lowest BCUT2D eigenvalue weighted by Crippen LogP contribution is -1.94. The van der Waals surface area contributed by atoms with Gasteiger partial charge in [-0.1, -0.05) is 5.11 Å². The quantitative estimate of drug-likeness (QED) is 0.207. The third-order valence-electron chi connectivity index (χ3n) is 1.46. The molecule has 1 aromatic rings. The smallest absolute Gasteiger partial charge is 0.258 e. The molecule has 0 fully saturated rings. The summed E-state index contributed by atoms with van der Waals surface area (Å²) in [7, 11) is 0. The molecule has 0 saturated carbocycles. The van der Waals surface area contributed by atoms with Gasteiger partial charge in [0.15, 0.2) is 17.3 Å². The van der Waals surface area contributed by atoms with Gasteiger partial charge in [0.2, 0.25) is 0 Å². The van der Waals surface area contributed by atoms with Crippen LogP contribution >= 0.6 is 15.9 Å². The minimum atomic E-state index is -1.56. The zero-order valence-corrected chi connectivity index (χ0v) is 8.40. The lowest BCUT2D eigenvalue weighted by atomic mass is 10.2.